The number of halogens is 2. The Morgan fingerprint density at radius 2 is 1.80 bits per heavy atom. The maximum absolute atomic E-state index is 5.83. The van der Waals surface area contributed by atoms with E-state index in [9.17, 15) is 0 Å². The molecule has 8 heteroatoms. The SMILES string of the molecule is Cc1nc(C)n(-c2nc(Cl)nnc2Cl)n1. The zero-order valence-corrected chi connectivity index (χ0v) is 9.45. The number of nitrogens with zero attached hydrogens (tertiary/aromatic N) is 6. The minimum atomic E-state index is 0.0157. The van der Waals surface area contributed by atoms with Crippen molar-refractivity contribution in [2.24, 2.45) is 0 Å². The van der Waals surface area contributed by atoms with Crippen LogP contribution in [0.3, 0.4) is 0 Å². The Labute approximate surface area is 95.3 Å². The average Bonchev–Trinajstić information content (AvgIpc) is 2.50. The molecule has 2 aromatic heterocycles. The highest BCUT2D eigenvalue weighted by molar-refractivity contribution is 6.31. The summed E-state index contributed by atoms with van der Waals surface area (Å²) in [6.45, 7) is 3.56. The zero-order chi connectivity index (χ0) is 11.0. The standard InChI is InChI=1S/C7H6Cl2N6/c1-3-10-4(2)15(14-3)6-5(8)12-13-7(9)11-6/h1-2H3. The van der Waals surface area contributed by atoms with Crippen LogP contribution in [0.25, 0.3) is 5.82 Å². The normalized spacial score (nSPS) is 10.7. The molecular weight excluding hydrogens is 239 g/mol. The van der Waals surface area contributed by atoms with Gasteiger partial charge in [0, 0.05) is 0 Å². The minimum absolute atomic E-state index is 0.0157. The summed E-state index contributed by atoms with van der Waals surface area (Å²) >= 11 is 11.4. The molecule has 78 valence electrons. The molecule has 6 nitrogen and oxygen atoms in total. The number of aryl methyl sites for hydroxylation is 2. The fraction of sp³-hybridized carbons (Fsp3) is 0.286. The Bertz CT molecular complexity index is 508. The van der Waals surface area contributed by atoms with Gasteiger partial charge in [0.25, 0.3) is 0 Å². The molecule has 15 heavy (non-hydrogen) atoms. The first-order valence-corrected chi connectivity index (χ1v) is 4.80. The van der Waals surface area contributed by atoms with Crippen LogP contribution >= 0.6 is 23.2 Å². The van der Waals surface area contributed by atoms with Crippen LogP contribution in [-0.4, -0.2) is 29.9 Å². The lowest BCUT2D eigenvalue weighted by Gasteiger charge is -2.02. The third-order valence-corrected chi connectivity index (χ3v) is 2.08. The van der Waals surface area contributed by atoms with E-state index < -0.39 is 0 Å². The van der Waals surface area contributed by atoms with Crippen LogP contribution in [0.2, 0.25) is 10.4 Å². The van der Waals surface area contributed by atoms with Gasteiger partial charge in [-0.15, -0.1) is 15.3 Å². The van der Waals surface area contributed by atoms with Gasteiger partial charge in [-0.1, -0.05) is 11.6 Å². The molecule has 0 aliphatic rings. The second-order valence-electron chi connectivity index (χ2n) is 2.81. The van der Waals surface area contributed by atoms with Gasteiger partial charge in [-0.25, -0.2) is 4.98 Å². The van der Waals surface area contributed by atoms with E-state index in [0.29, 0.717) is 17.5 Å². The molecule has 2 heterocycles. The topological polar surface area (TPSA) is 69.4 Å². The van der Waals surface area contributed by atoms with E-state index in [2.05, 4.69) is 25.3 Å². The fourth-order valence-corrected chi connectivity index (χ4v) is 1.42. The van der Waals surface area contributed by atoms with Gasteiger partial charge in [-0.05, 0) is 25.4 Å². The number of hydrogen-bond acceptors (Lipinski definition) is 5. The summed E-state index contributed by atoms with van der Waals surface area (Å²) in [5.74, 6) is 1.61. The van der Waals surface area contributed by atoms with E-state index in [1.165, 1.54) is 4.68 Å². The molecule has 0 fully saturated rings. The summed E-state index contributed by atoms with van der Waals surface area (Å²) in [4.78, 5) is 8.06. The van der Waals surface area contributed by atoms with Crippen molar-refractivity contribution in [2.75, 3.05) is 0 Å². The molecule has 0 atom stereocenters. The van der Waals surface area contributed by atoms with Gasteiger partial charge < -0.3 is 0 Å². The Kier molecular flexibility index (Phi) is 2.54. The molecule has 0 aliphatic carbocycles. The summed E-state index contributed by atoms with van der Waals surface area (Å²) < 4.78 is 1.47. The van der Waals surface area contributed by atoms with Gasteiger partial charge in [0.05, 0.1) is 0 Å². The highest BCUT2D eigenvalue weighted by Gasteiger charge is 2.12. The Balaban J connectivity index is 2.62. The predicted octanol–water partition coefficient (Wildman–Crippen LogP) is 1.38. The first-order chi connectivity index (χ1) is 7.08. The van der Waals surface area contributed by atoms with E-state index in [1.54, 1.807) is 13.8 Å². The monoisotopic (exact) mass is 244 g/mol. The van der Waals surface area contributed by atoms with Crippen LogP contribution in [0, 0.1) is 13.8 Å². The molecule has 0 N–H and O–H groups in total. The zero-order valence-electron chi connectivity index (χ0n) is 7.94. The van der Waals surface area contributed by atoms with Crippen molar-refractivity contribution in [3.05, 3.63) is 22.1 Å². The lowest BCUT2D eigenvalue weighted by Crippen LogP contribution is -2.05. The average molecular weight is 245 g/mol. The van der Waals surface area contributed by atoms with Crippen molar-refractivity contribution < 1.29 is 0 Å². The van der Waals surface area contributed by atoms with Gasteiger partial charge in [-0.2, -0.15) is 9.67 Å². The summed E-state index contributed by atoms with van der Waals surface area (Å²) in [6, 6.07) is 0. The number of aromatic nitrogens is 6. The van der Waals surface area contributed by atoms with Gasteiger partial charge in [-0.3, -0.25) is 0 Å². The van der Waals surface area contributed by atoms with E-state index >= 15 is 0 Å². The lowest BCUT2D eigenvalue weighted by molar-refractivity contribution is 0.780. The molecule has 0 saturated heterocycles. The smallest absolute Gasteiger partial charge is 0.217 e. The Morgan fingerprint density at radius 3 is 2.40 bits per heavy atom. The van der Waals surface area contributed by atoms with Crippen molar-refractivity contribution in [3.8, 4) is 5.82 Å². The van der Waals surface area contributed by atoms with Gasteiger partial charge in [0.1, 0.15) is 11.6 Å². The molecule has 0 unspecified atom stereocenters. The third-order valence-electron chi connectivity index (χ3n) is 1.68. The van der Waals surface area contributed by atoms with Crippen LogP contribution in [-0.2, 0) is 0 Å². The molecule has 0 amide bonds. The molecule has 2 aromatic rings. The highest BCUT2D eigenvalue weighted by atomic mass is 35.5. The summed E-state index contributed by atoms with van der Waals surface area (Å²) in [5.41, 5.74) is 0. The molecule has 0 radical (unpaired) electrons. The minimum Gasteiger partial charge on any atom is -0.217 e. The van der Waals surface area contributed by atoms with Gasteiger partial charge in [0.15, 0.2) is 11.0 Å². The highest BCUT2D eigenvalue weighted by Crippen LogP contribution is 2.16. The first kappa shape index (κ1) is 10.3. The van der Waals surface area contributed by atoms with E-state index in [4.69, 9.17) is 23.2 Å². The maximum Gasteiger partial charge on any atom is 0.245 e. The van der Waals surface area contributed by atoms with Crippen molar-refractivity contribution in [2.45, 2.75) is 13.8 Å². The number of hydrogen-bond donors (Lipinski definition) is 0. The molecule has 0 aliphatic heterocycles. The molecular formula is C7H6Cl2N6. The molecule has 2 rings (SSSR count). The van der Waals surface area contributed by atoms with E-state index in [0.717, 1.165) is 0 Å². The second-order valence-corrected chi connectivity index (χ2v) is 3.51. The van der Waals surface area contributed by atoms with Crippen LogP contribution in [0.4, 0.5) is 0 Å². The summed E-state index contributed by atoms with van der Waals surface area (Å²) in [7, 11) is 0. The van der Waals surface area contributed by atoms with Crippen molar-refractivity contribution in [1.82, 2.24) is 29.9 Å². The van der Waals surface area contributed by atoms with Crippen LogP contribution < -0.4 is 0 Å². The predicted molar refractivity (Wildman–Crippen MR) is 54.2 cm³/mol. The molecule has 0 bridgehead atoms. The van der Waals surface area contributed by atoms with Crippen LogP contribution in [0.1, 0.15) is 11.6 Å². The van der Waals surface area contributed by atoms with Crippen molar-refractivity contribution >= 4 is 23.2 Å². The molecule has 0 saturated carbocycles. The Morgan fingerprint density at radius 1 is 1.07 bits per heavy atom. The molecule has 0 aromatic carbocycles. The first-order valence-electron chi connectivity index (χ1n) is 4.04. The number of rotatable bonds is 1. The lowest BCUT2D eigenvalue weighted by atomic mass is 10.6. The quantitative estimate of drug-likeness (QED) is 0.758. The van der Waals surface area contributed by atoms with Crippen molar-refractivity contribution in [3.63, 3.8) is 0 Å². The summed E-state index contributed by atoms with van der Waals surface area (Å²) in [5, 5.41) is 11.4. The van der Waals surface area contributed by atoms with Crippen LogP contribution in [0.15, 0.2) is 0 Å². The van der Waals surface area contributed by atoms with Crippen LogP contribution in [0.5, 0.6) is 0 Å². The Hall–Kier alpha value is -1.27. The maximum atomic E-state index is 5.83. The van der Waals surface area contributed by atoms with Gasteiger partial charge in [0.2, 0.25) is 5.28 Å². The second kappa shape index (κ2) is 3.71. The van der Waals surface area contributed by atoms with E-state index in [-0.39, 0.29) is 10.4 Å². The van der Waals surface area contributed by atoms with Crippen molar-refractivity contribution in [1.29, 1.82) is 0 Å². The largest absolute Gasteiger partial charge is 0.245 e. The summed E-state index contributed by atoms with van der Waals surface area (Å²) in [6.07, 6.45) is 0. The van der Waals surface area contributed by atoms with E-state index in [1.807, 2.05) is 0 Å². The third kappa shape index (κ3) is 1.91. The fourth-order valence-electron chi connectivity index (χ4n) is 1.14. The molecule has 0 spiro atoms. The van der Waals surface area contributed by atoms with Gasteiger partial charge >= 0.3 is 0 Å².